The largest absolute Gasteiger partial charge is 0.481 e. The maximum absolute atomic E-state index is 11.2. The van der Waals surface area contributed by atoms with E-state index in [1.54, 1.807) is 0 Å². The predicted octanol–water partition coefficient (Wildman–Crippen LogP) is 0.988. The Hall–Kier alpha value is -1.35. The zero-order valence-corrected chi connectivity index (χ0v) is 7.81. The highest BCUT2D eigenvalue weighted by Gasteiger charge is 2.60. The van der Waals surface area contributed by atoms with Crippen LogP contribution in [0.3, 0.4) is 0 Å². The van der Waals surface area contributed by atoms with Crippen LogP contribution in [0.4, 0.5) is 0 Å². The molecule has 2 rings (SSSR count). The second-order valence-corrected chi connectivity index (χ2v) is 3.78. The second-order valence-electron chi connectivity index (χ2n) is 3.78. The third-order valence-corrected chi connectivity index (χ3v) is 3.06. The highest BCUT2D eigenvalue weighted by Crippen LogP contribution is 2.53. The maximum atomic E-state index is 11.2. The van der Waals surface area contributed by atoms with Gasteiger partial charge in [0.15, 0.2) is 0 Å². The van der Waals surface area contributed by atoms with Crippen molar-refractivity contribution in [3.8, 4) is 0 Å². The molecule has 0 spiro atoms. The fraction of sp³-hybridized carbons (Fsp3) is 0.364. The Morgan fingerprint density at radius 3 is 2.57 bits per heavy atom. The monoisotopic (exact) mass is 191 g/mol. The SMILES string of the molecule is NC[C@H]1C[C@]1(C(=O)O)c1ccccc1. The van der Waals surface area contributed by atoms with Crippen molar-refractivity contribution in [2.75, 3.05) is 6.54 Å². The molecule has 14 heavy (non-hydrogen) atoms. The quantitative estimate of drug-likeness (QED) is 0.748. The lowest BCUT2D eigenvalue weighted by Crippen LogP contribution is -2.25. The van der Waals surface area contributed by atoms with E-state index in [1.807, 2.05) is 30.3 Å². The lowest BCUT2D eigenvalue weighted by molar-refractivity contribution is -0.140. The van der Waals surface area contributed by atoms with Crippen molar-refractivity contribution in [1.82, 2.24) is 0 Å². The van der Waals surface area contributed by atoms with Gasteiger partial charge in [-0.05, 0) is 24.4 Å². The Labute approximate surface area is 82.5 Å². The molecule has 3 nitrogen and oxygen atoms in total. The third-order valence-electron chi connectivity index (χ3n) is 3.06. The fourth-order valence-electron chi connectivity index (χ4n) is 2.09. The minimum Gasteiger partial charge on any atom is -0.481 e. The Kier molecular flexibility index (Phi) is 2.04. The first-order chi connectivity index (χ1) is 6.71. The molecule has 0 amide bonds. The van der Waals surface area contributed by atoms with Crippen molar-refractivity contribution in [2.24, 2.45) is 11.7 Å². The van der Waals surface area contributed by atoms with Crippen LogP contribution >= 0.6 is 0 Å². The lowest BCUT2D eigenvalue weighted by atomic mass is 9.93. The molecule has 1 aromatic rings. The number of hydrogen-bond acceptors (Lipinski definition) is 2. The molecule has 3 N–H and O–H groups in total. The number of carboxylic acid groups (broad SMARTS) is 1. The van der Waals surface area contributed by atoms with Gasteiger partial charge in [-0.2, -0.15) is 0 Å². The lowest BCUT2D eigenvalue weighted by Gasteiger charge is -2.11. The molecule has 0 aromatic heterocycles. The number of aliphatic carboxylic acids is 1. The summed E-state index contributed by atoms with van der Waals surface area (Å²) >= 11 is 0. The van der Waals surface area contributed by atoms with E-state index in [2.05, 4.69) is 0 Å². The molecular formula is C11H13NO2. The second kappa shape index (κ2) is 3.10. The summed E-state index contributed by atoms with van der Waals surface area (Å²) in [7, 11) is 0. The van der Waals surface area contributed by atoms with Gasteiger partial charge in [0.1, 0.15) is 0 Å². The number of benzene rings is 1. The van der Waals surface area contributed by atoms with Crippen molar-refractivity contribution in [1.29, 1.82) is 0 Å². The predicted molar refractivity (Wildman–Crippen MR) is 52.9 cm³/mol. The fourth-order valence-corrected chi connectivity index (χ4v) is 2.09. The third kappa shape index (κ3) is 1.13. The van der Waals surface area contributed by atoms with Crippen molar-refractivity contribution >= 4 is 5.97 Å². The van der Waals surface area contributed by atoms with Crippen molar-refractivity contribution < 1.29 is 9.90 Å². The standard InChI is InChI=1S/C11H13NO2/c12-7-9-6-11(9,10(13)14)8-4-2-1-3-5-8/h1-5,9H,6-7,12H2,(H,13,14)/t9-,11+/m1/s1. The van der Waals surface area contributed by atoms with E-state index in [4.69, 9.17) is 5.73 Å². The number of rotatable bonds is 3. The molecule has 0 heterocycles. The topological polar surface area (TPSA) is 63.3 Å². The first-order valence-electron chi connectivity index (χ1n) is 4.71. The molecule has 1 saturated carbocycles. The van der Waals surface area contributed by atoms with Gasteiger partial charge < -0.3 is 10.8 Å². The van der Waals surface area contributed by atoms with Crippen LogP contribution in [-0.2, 0) is 10.2 Å². The number of carbonyl (C=O) groups is 1. The Bertz CT molecular complexity index is 350. The molecule has 2 atom stereocenters. The number of nitrogens with two attached hydrogens (primary N) is 1. The molecule has 0 unspecified atom stereocenters. The molecule has 1 aliphatic carbocycles. The molecule has 1 fully saturated rings. The van der Waals surface area contributed by atoms with E-state index in [9.17, 15) is 9.90 Å². The average molecular weight is 191 g/mol. The maximum Gasteiger partial charge on any atom is 0.314 e. The highest BCUT2D eigenvalue weighted by molar-refractivity contribution is 5.85. The van der Waals surface area contributed by atoms with Gasteiger partial charge in [0.25, 0.3) is 0 Å². The van der Waals surface area contributed by atoms with Gasteiger partial charge in [-0.3, -0.25) is 4.79 Å². The number of hydrogen-bond donors (Lipinski definition) is 2. The molecule has 1 aromatic carbocycles. The highest BCUT2D eigenvalue weighted by atomic mass is 16.4. The van der Waals surface area contributed by atoms with Crippen LogP contribution in [0.1, 0.15) is 12.0 Å². The molecule has 3 heteroatoms. The molecule has 0 radical (unpaired) electrons. The van der Waals surface area contributed by atoms with Crippen LogP contribution in [0.5, 0.6) is 0 Å². The normalized spacial score (nSPS) is 29.9. The average Bonchev–Trinajstić information content (AvgIpc) is 2.94. The Morgan fingerprint density at radius 2 is 2.14 bits per heavy atom. The van der Waals surface area contributed by atoms with Crippen LogP contribution in [-0.4, -0.2) is 17.6 Å². The van der Waals surface area contributed by atoms with Gasteiger partial charge in [-0.1, -0.05) is 30.3 Å². The molecule has 1 aliphatic rings. The minimum absolute atomic E-state index is 0.0994. The van der Waals surface area contributed by atoms with Gasteiger partial charge in [0, 0.05) is 0 Å². The summed E-state index contributed by atoms with van der Waals surface area (Å²) in [6, 6.07) is 9.35. The summed E-state index contributed by atoms with van der Waals surface area (Å²) in [4.78, 5) is 11.2. The molecular weight excluding hydrogens is 178 g/mol. The van der Waals surface area contributed by atoms with Gasteiger partial charge in [-0.25, -0.2) is 0 Å². The van der Waals surface area contributed by atoms with Gasteiger partial charge in [0.2, 0.25) is 0 Å². The first kappa shape index (κ1) is 9.21. The van der Waals surface area contributed by atoms with Crippen LogP contribution in [0.25, 0.3) is 0 Å². The van der Waals surface area contributed by atoms with Crippen LogP contribution in [0, 0.1) is 5.92 Å². The van der Waals surface area contributed by atoms with E-state index in [1.165, 1.54) is 0 Å². The first-order valence-corrected chi connectivity index (χ1v) is 4.71. The van der Waals surface area contributed by atoms with E-state index < -0.39 is 11.4 Å². The molecule has 0 aliphatic heterocycles. The van der Waals surface area contributed by atoms with E-state index in [0.29, 0.717) is 13.0 Å². The minimum atomic E-state index is -0.751. The van der Waals surface area contributed by atoms with Crippen molar-refractivity contribution in [2.45, 2.75) is 11.8 Å². The van der Waals surface area contributed by atoms with Gasteiger partial charge in [-0.15, -0.1) is 0 Å². The summed E-state index contributed by atoms with van der Waals surface area (Å²) in [6.07, 6.45) is 0.669. The summed E-state index contributed by atoms with van der Waals surface area (Å²) in [5.74, 6) is -0.651. The van der Waals surface area contributed by atoms with Crippen LogP contribution < -0.4 is 5.73 Å². The van der Waals surface area contributed by atoms with E-state index >= 15 is 0 Å². The van der Waals surface area contributed by atoms with Crippen LogP contribution in [0.15, 0.2) is 30.3 Å². The molecule has 0 saturated heterocycles. The molecule has 0 bridgehead atoms. The van der Waals surface area contributed by atoms with E-state index in [0.717, 1.165) is 5.56 Å². The Balaban J connectivity index is 2.36. The van der Waals surface area contributed by atoms with Gasteiger partial charge in [0.05, 0.1) is 5.41 Å². The van der Waals surface area contributed by atoms with Crippen molar-refractivity contribution in [3.05, 3.63) is 35.9 Å². The summed E-state index contributed by atoms with van der Waals surface area (Å²) in [6.45, 7) is 0.446. The van der Waals surface area contributed by atoms with Crippen molar-refractivity contribution in [3.63, 3.8) is 0 Å². The Morgan fingerprint density at radius 1 is 1.50 bits per heavy atom. The molecule has 74 valence electrons. The smallest absolute Gasteiger partial charge is 0.314 e. The summed E-state index contributed by atoms with van der Waals surface area (Å²) in [5, 5.41) is 9.20. The summed E-state index contributed by atoms with van der Waals surface area (Å²) in [5.41, 5.74) is 5.70. The summed E-state index contributed by atoms with van der Waals surface area (Å²) < 4.78 is 0. The van der Waals surface area contributed by atoms with Crippen LogP contribution in [0.2, 0.25) is 0 Å². The van der Waals surface area contributed by atoms with E-state index in [-0.39, 0.29) is 5.92 Å². The van der Waals surface area contributed by atoms with Gasteiger partial charge >= 0.3 is 5.97 Å². The zero-order chi connectivity index (χ0) is 10.2. The number of carboxylic acids is 1. The zero-order valence-electron chi connectivity index (χ0n) is 7.81.